The Morgan fingerprint density at radius 2 is 1.83 bits per heavy atom. The molecule has 0 amide bonds. The van der Waals surface area contributed by atoms with Gasteiger partial charge in [-0.25, -0.2) is 4.79 Å². The Morgan fingerprint density at radius 1 is 1.28 bits per heavy atom. The first-order chi connectivity index (χ1) is 8.20. The van der Waals surface area contributed by atoms with Crippen LogP contribution < -0.4 is 0 Å². The van der Waals surface area contributed by atoms with Gasteiger partial charge in [-0.15, -0.1) is 11.6 Å². The number of halogens is 4. The Labute approximate surface area is 108 Å². The van der Waals surface area contributed by atoms with Crippen molar-refractivity contribution in [3.8, 4) is 0 Å². The minimum atomic E-state index is -4.39. The van der Waals surface area contributed by atoms with E-state index >= 15 is 0 Å². The van der Waals surface area contributed by atoms with E-state index in [9.17, 15) is 18.0 Å². The molecule has 0 aliphatic rings. The number of hydrogen-bond acceptors (Lipinski definition) is 2. The smallest absolute Gasteiger partial charge is 0.390 e. The molecule has 0 spiro atoms. The number of hydrogen-bond donors (Lipinski definition) is 0. The van der Waals surface area contributed by atoms with Gasteiger partial charge in [-0.3, -0.25) is 0 Å². The van der Waals surface area contributed by atoms with Gasteiger partial charge in [0, 0.05) is 0 Å². The third-order valence-corrected chi connectivity index (χ3v) is 2.33. The molecule has 0 heterocycles. The third-order valence-electron chi connectivity index (χ3n) is 2.08. The number of esters is 1. The van der Waals surface area contributed by atoms with Crippen LogP contribution in [-0.2, 0) is 4.74 Å². The maximum Gasteiger partial charge on any atom is 0.390 e. The molecule has 1 aromatic rings. The van der Waals surface area contributed by atoms with Crippen LogP contribution in [-0.4, -0.2) is 23.6 Å². The second-order valence-corrected chi connectivity index (χ2v) is 5.06. The summed E-state index contributed by atoms with van der Waals surface area (Å²) in [5.74, 6) is -0.690. The molecule has 1 rings (SSSR count). The van der Waals surface area contributed by atoms with Gasteiger partial charge in [0.2, 0.25) is 0 Å². The van der Waals surface area contributed by atoms with E-state index in [1.54, 1.807) is 18.2 Å². The molecule has 1 atom stereocenters. The Morgan fingerprint density at radius 3 is 2.33 bits per heavy atom. The van der Waals surface area contributed by atoms with E-state index in [1.807, 2.05) is 0 Å². The summed E-state index contributed by atoms with van der Waals surface area (Å²) in [6.45, 7) is 0.683. The molecule has 0 saturated heterocycles. The Hall–Kier alpha value is -1.23. The molecule has 18 heavy (non-hydrogen) atoms. The van der Waals surface area contributed by atoms with Crippen LogP contribution in [0.15, 0.2) is 30.3 Å². The zero-order valence-corrected chi connectivity index (χ0v) is 10.4. The standard InChI is InChI=1S/C12H12ClF3O2/c1-11(13,7-12(14,15)16)8-18-10(17)9-5-3-2-4-6-9/h2-6H,7-8H2,1H3. The van der Waals surface area contributed by atoms with Gasteiger partial charge in [0.05, 0.1) is 16.9 Å². The quantitative estimate of drug-likeness (QED) is 0.619. The first-order valence-corrected chi connectivity index (χ1v) is 5.55. The minimum Gasteiger partial charge on any atom is -0.460 e. The molecule has 6 heteroatoms. The van der Waals surface area contributed by atoms with Gasteiger partial charge in [0.15, 0.2) is 0 Å². The van der Waals surface area contributed by atoms with Crippen LogP contribution in [0.4, 0.5) is 13.2 Å². The van der Waals surface area contributed by atoms with Crippen LogP contribution in [0, 0.1) is 0 Å². The van der Waals surface area contributed by atoms with E-state index in [4.69, 9.17) is 16.3 Å². The number of carbonyl (C=O) groups is 1. The van der Waals surface area contributed by atoms with E-state index in [-0.39, 0.29) is 5.56 Å². The molecule has 1 unspecified atom stereocenters. The van der Waals surface area contributed by atoms with Gasteiger partial charge in [0.25, 0.3) is 0 Å². The summed E-state index contributed by atoms with van der Waals surface area (Å²) in [6.07, 6.45) is -5.61. The van der Waals surface area contributed by atoms with Crippen molar-refractivity contribution in [1.82, 2.24) is 0 Å². The molecule has 0 fully saturated rings. The molecule has 0 N–H and O–H groups in total. The number of carbonyl (C=O) groups excluding carboxylic acids is 1. The lowest BCUT2D eigenvalue weighted by molar-refractivity contribution is -0.142. The highest BCUT2D eigenvalue weighted by molar-refractivity contribution is 6.23. The zero-order chi connectivity index (χ0) is 13.8. The van der Waals surface area contributed by atoms with Crippen LogP contribution in [0.1, 0.15) is 23.7 Å². The van der Waals surface area contributed by atoms with E-state index in [2.05, 4.69) is 0 Å². The number of benzene rings is 1. The first kappa shape index (κ1) is 14.8. The lowest BCUT2D eigenvalue weighted by Gasteiger charge is -2.22. The van der Waals surface area contributed by atoms with Crippen molar-refractivity contribution in [3.05, 3.63) is 35.9 Å². The van der Waals surface area contributed by atoms with Gasteiger partial charge in [-0.2, -0.15) is 13.2 Å². The fourth-order valence-electron chi connectivity index (χ4n) is 1.34. The van der Waals surface area contributed by atoms with E-state index in [0.717, 1.165) is 0 Å². The highest BCUT2D eigenvalue weighted by Crippen LogP contribution is 2.32. The largest absolute Gasteiger partial charge is 0.460 e. The van der Waals surface area contributed by atoms with Crippen LogP contribution >= 0.6 is 11.6 Å². The topological polar surface area (TPSA) is 26.3 Å². The molecule has 0 saturated carbocycles. The van der Waals surface area contributed by atoms with Gasteiger partial charge in [0.1, 0.15) is 6.61 Å². The van der Waals surface area contributed by atoms with Crippen molar-refractivity contribution in [3.63, 3.8) is 0 Å². The fourth-order valence-corrected chi connectivity index (χ4v) is 1.55. The molecule has 100 valence electrons. The van der Waals surface area contributed by atoms with Crippen LogP contribution in [0.3, 0.4) is 0 Å². The summed E-state index contributed by atoms with van der Waals surface area (Å²) < 4.78 is 41.3. The van der Waals surface area contributed by atoms with Gasteiger partial charge in [-0.05, 0) is 19.1 Å². The van der Waals surface area contributed by atoms with Crippen molar-refractivity contribution in [2.24, 2.45) is 0 Å². The molecule has 0 aliphatic carbocycles. The summed E-state index contributed by atoms with van der Waals surface area (Å²) in [6, 6.07) is 8.00. The first-order valence-electron chi connectivity index (χ1n) is 5.17. The number of rotatable bonds is 4. The molecule has 1 aromatic carbocycles. The Balaban J connectivity index is 2.53. The average Bonchev–Trinajstić information content (AvgIpc) is 2.24. The lowest BCUT2D eigenvalue weighted by Crippen LogP contribution is -2.32. The predicted molar refractivity (Wildman–Crippen MR) is 61.7 cm³/mol. The third kappa shape index (κ3) is 5.40. The summed E-state index contributed by atoms with van der Waals surface area (Å²) >= 11 is 5.66. The Kier molecular flexibility index (Phi) is 4.62. The maximum atomic E-state index is 12.2. The van der Waals surface area contributed by atoms with Crippen LogP contribution in [0.2, 0.25) is 0 Å². The normalized spacial score (nSPS) is 14.9. The van der Waals surface area contributed by atoms with Gasteiger partial charge >= 0.3 is 12.1 Å². The molecule has 2 nitrogen and oxygen atoms in total. The highest BCUT2D eigenvalue weighted by atomic mass is 35.5. The molecular formula is C12H12ClF3O2. The maximum absolute atomic E-state index is 12.2. The number of alkyl halides is 4. The second kappa shape index (κ2) is 5.61. The molecule has 0 radical (unpaired) electrons. The summed E-state index contributed by atoms with van der Waals surface area (Å²) in [4.78, 5) is 9.84. The van der Waals surface area contributed by atoms with E-state index in [0.29, 0.717) is 0 Å². The van der Waals surface area contributed by atoms with Crippen molar-refractivity contribution in [1.29, 1.82) is 0 Å². The summed E-state index contributed by atoms with van der Waals surface area (Å²) in [5, 5.41) is 0. The van der Waals surface area contributed by atoms with Gasteiger partial charge in [-0.1, -0.05) is 18.2 Å². The van der Waals surface area contributed by atoms with Gasteiger partial charge < -0.3 is 4.74 Å². The summed E-state index contributed by atoms with van der Waals surface area (Å²) in [7, 11) is 0. The predicted octanol–water partition coefficient (Wildman–Crippen LogP) is 3.79. The van der Waals surface area contributed by atoms with Crippen LogP contribution in [0.25, 0.3) is 0 Å². The van der Waals surface area contributed by atoms with E-state index in [1.165, 1.54) is 19.1 Å². The van der Waals surface area contributed by atoms with Crippen molar-refractivity contribution < 1.29 is 22.7 Å². The zero-order valence-electron chi connectivity index (χ0n) is 9.63. The second-order valence-electron chi connectivity index (χ2n) is 4.15. The van der Waals surface area contributed by atoms with Crippen molar-refractivity contribution in [2.75, 3.05) is 6.61 Å². The molecule has 0 bridgehead atoms. The monoisotopic (exact) mass is 280 g/mol. The highest BCUT2D eigenvalue weighted by Gasteiger charge is 2.39. The van der Waals surface area contributed by atoms with Crippen LogP contribution in [0.5, 0.6) is 0 Å². The number of ether oxygens (including phenoxy) is 1. The summed E-state index contributed by atoms with van der Waals surface area (Å²) in [5.41, 5.74) is 0.275. The Bertz CT molecular complexity index is 402. The average molecular weight is 281 g/mol. The SMILES string of the molecule is CC(Cl)(COC(=O)c1ccccc1)CC(F)(F)F. The molecule has 0 aliphatic heterocycles. The van der Waals surface area contributed by atoms with Crippen molar-refractivity contribution >= 4 is 17.6 Å². The lowest BCUT2D eigenvalue weighted by atomic mass is 10.1. The minimum absolute atomic E-state index is 0.275. The molecular weight excluding hydrogens is 269 g/mol. The fraction of sp³-hybridized carbons (Fsp3) is 0.417. The molecule has 0 aromatic heterocycles. The van der Waals surface area contributed by atoms with E-state index < -0.39 is 30.0 Å². The van der Waals surface area contributed by atoms with Crippen molar-refractivity contribution in [2.45, 2.75) is 24.4 Å².